The minimum absolute atomic E-state index is 0.295. The molecule has 31 heavy (non-hydrogen) atoms. The predicted octanol–water partition coefficient (Wildman–Crippen LogP) is 3.88. The van der Waals surface area contributed by atoms with E-state index in [2.05, 4.69) is 20.6 Å². The van der Waals surface area contributed by atoms with Gasteiger partial charge in [0, 0.05) is 12.7 Å². The van der Waals surface area contributed by atoms with E-state index < -0.39 is 0 Å². The zero-order valence-corrected chi connectivity index (χ0v) is 18.0. The lowest BCUT2D eigenvalue weighted by atomic mass is 10.0. The molecule has 1 N–H and O–H groups in total. The molecule has 1 amide bonds. The Labute approximate surface area is 179 Å². The van der Waals surface area contributed by atoms with Crippen molar-refractivity contribution in [1.29, 1.82) is 0 Å². The van der Waals surface area contributed by atoms with Gasteiger partial charge in [0.25, 0.3) is 11.6 Å². The Balaban J connectivity index is 1.77. The molecule has 0 aliphatic rings. The first-order valence-electron chi connectivity index (χ1n) is 9.68. The minimum atomic E-state index is -0.295. The third kappa shape index (κ3) is 3.75. The summed E-state index contributed by atoms with van der Waals surface area (Å²) in [5, 5.41) is 12.0. The molecule has 4 aromatic rings. The molecule has 0 aliphatic carbocycles. The first-order valence-corrected chi connectivity index (χ1v) is 9.68. The summed E-state index contributed by atoms with van der Waals surface area (Å²) >= 11 is 0. The molecule has 0 aliphatic heterocycles. The monoisotopic (exact) mass is 421 g/mol. The van der Waals surface area contributed by atoms with Crippen LogP contribution in [0, 0.1) is 20.8 Å². The van der Waals surface area contributed by atoms with E-state index in [0.717, 1.165) is 17.0 Å². The van der Waals surface area contributed by atoms with Crippen LogP contribution in [0.1, 0.15) is 27.4 Å². The lowest BCUT2D eigenvalue weighted by Crippen LogP contribution is -2.14. The zero-order valence-electron chi connectivity index (χ0n) is 18.0. The number of methoxy groups -OCH3 is 2. The van der Waals surface area contributed by atoms with Crippen molar-refractivity contribution in [2.75, 3.05) is 19.5 Å². The highest BCUT2D eigenvalue weighted by Crippen LogP contribution is 2.29. The number of pyridine rings is 1. The quantitative estimate of drug-likeness (QED) is 0.504. The number of carbonyl (C=O) groups is 1. The van der Waals surface area contributed by atoms with Crippen molar-refractivity contribution < 1.29 is 18.8 Å². The number of carbonyl (C=O) groups excluding carboxylic acids is 1. The molecule has 3 aromatic heterocycles. The van der Waals surface area contributed by atoms with Gasteiger partial charge in [0.2, 0.25) is 0 Å². The van der Waals surface area contributed by atoms with Gasteiger partial charge in [-0.25, -0.2) is 9.67 Å². The molecule has 9 heteroatoms. The third-order valence-corrected chi connectivity index (χ3v) is 5.12. The molecule has 160 valence electrons. The summed E-state index contributed by atoms with van der Waals surface area (Å²) in [6.07, 6.45) is 0. The fourth-order valence-corrected chi connectivity index (χ4v) is 3.49. The van der Waals surface area contributed by atoms with Crippen LogP contribution >= 0.6 is 0 Å². The molecule has 4 rings (SSSR count). The summed E-state index contributed by atoms with van der Waals surface area (Å²) in [7, 11) is 3.20. The highest BCUT2D eigenvalue weighted by atomic mass is 16.5. The normalized spacial score (nSPS) is 11.1. The van der Waals surface area contributed by atoms with Crippen molar-refractivity contribution in [2.24, 2.45) is 0 Å². The Morgan fingerprint density at radius 2 is 1.87 bits per heavy atom. The lowest BCUT2D eigenvalue weighted by Gasteiger charge is -2.09. The maximum atomic E-state index is 13.3. The third-order valence-electron chi connectivity index (χ3n) is 5.12. The Bertz CT molecular complexity index is 1260. The van der Waals surface area contributed by atoms with Crippen molar-refractivity contribution in [3.63, 3.8) is 0 Å². The van der Waals surface area contributed by atoms with Crippen LogP contribution in [-0.4, -0.2) is 40.0 Å². The van der Waals surface area contributed by atoms with E-state index >= 15 is 0 Å². The van der Waals surface area contributed by atoms with Crippen LogP contribution in [0.2, 0.25) is 0 Å². The van der Waals surface area contributed by atoms with Crippen LogP contribution < -0.4 is 10.1 Å². The van der Waals surface area contributed by atoms with Crippen molar-refractivity contribution in [3.05, 3.63) is 53.0 Å². The lowest BCUT2D eigenvalue weighted by molar-refractivity contribution is 0.102. The summed E-state index contributed by atoms with van der Waals surface area (Å²) in [5.74, 6) is 0.439. The number of fused-ring (bicyclic) bond motifs is 1. The van der Waals surface area contributed by atoms with Crippen molar-refractivity contribution in [3.8, 4) is 17.0 Å². The number of nitrogens with one attached hydrogen (secondary N) is 1. The average molecular weight is 421 g/mol. The number of amides is 1. The topological polar surface area (TPSA) is 104 Å². The second-order valence-corrected chi connectivity index (χ2v) is 7.15. The van der Waals surface area contributed by atoms with E-state index in [-0.39, 0.29) is 5.91 Å². The molecule has 0 fully saturated rings. The van der Waals surface area contributed by atoms with E-state index in [1.54, 1.807) is 31.9 Å². The molecule has 1 aromatic carbocycles. The Kier molecular flexibility index (Phi) is 5.43. The second-order valence-electron chi connectivity index (χ2n) is 7.15. The van der Waals surface area contributed by atoms with Gasteiger partial charge in [0.05, 0.1) is 46.5 Å². The highest BCUT2D eigenvalue weighted by Gasteiger charge is 2.22. The summed E-state index contributed by atoms with van der Waals surface area (Å²) in [6, 6.07) is 9.17. The van der Waals surface area contributed by atoms with E-state index in [1.165, 1.54) is 0 Å². The minimum Gasteiger partial charge on any atom is -0.497 e. The van der Waals surface area contributed by atoms with Gasteiger partial charge in [-0.2, -0.15) is 5.10 Å². The number of rotatable bonds is 6. The van der Waals surface area contributed by atoms with Gasteiger partial charge in [-0.15, -0.1) is 0 Å². The van der Waals surface area contributed by atoms with Crippen LogP contribution in [0.15, 0.2) is 34.9 Å². The summed E-state index contributed by atoms with van der Waals surface area (Å²) in [6.45, 7) is 5.80. The van der Waals surface area contributed by atoms with Gasteiger partial charge in [0.15, 0.2) is 0 Å². The largest absolute Gasteiger partial charge is 0.497 e. The van der Waals surface area contributed by atoms with Crippen LogP contribution in [0.4, 0.5) is 5.69 Å². The van der Waals surface area contributed by atoms with Crippen molar-refractivity contribution in [2.45, 2.75) is 27.5 Å². The van der Waals surface area contributed by atoms with E-state index in [0.29, 0.717) is 46.2 Å². The molecule has 0 spiro atoms. The van der Waals surface area contributed by atoms with E-state index in [9.17, 15) is 4.79 Å². The zero-order chi connectivity index (χ0) is 22.1. The number of aryl methyl sites for hydroxylation is 2. The van der Waals surface area contributed by atoms with Crippen molar-refractivity contribution >= 4 is 22.7 Å². The maximum absolute atomic E-state index is 13.3. The predicted molar refractivity (Wildman–Crippen MR) is 115 cm³/mol. The summed E-state index contributed by atoms with van der Waals surface area (Å²) in [4.78, 5) is 17.9. The summed E-state index contributed by atoms with van der Waals surface area (Å²) < 4.78 is 17.5. The number of nitrogens with zero attached hydrogens (tertiary/aromatic N) is 4. The van der Waals surface area contributed by atoms with Gasteiger partial charge in [-0.05, 0) is 51.1 Å². The van der Waals surface area contributed by atoms with Crippen molar-refractivity contribution in [1.82, 2.24) is 19.9 Å². The number of hydrogen-bond donors (Lipinski definition) is 1. The van der Waals surface area contributed by atoms with Gasteiger partial charge in [0.1, 0.15) is 12.5 Å². The summed E-state index contributed by atoms with van der Waals surface area (Å²) in [5.41, 5.74) is 4.89. The van der Waals surface area contributed by atoms with Gasteiger partial charge in [-0.3, -0.25) is 4.79 Å². The first-order chi connectivity index (χ1) is 14.9. The highest BCUT2D eigenvalue weighted by molar-refractivity contribution is 6.13. The molecule has 0 saturated carbocycles. The number of benzene rings is 1. The molecular formula is C22H23N5O4. The SMILES string of the molecule is COCn1nc(C)c(NC(=O)c2cc(-c3ccc(OC)cc3)nc3onc(C)c23)c1C. The standard InChI is InChI=1S/C22H23N5O4/c1-12-19-17(21(28)24-20-13(2)25-27(11-29-4)14(20)3)10-18(23-22(19)31-26-12)15-6-8-16(30-5)9-7-15/h6-10H,11H2,1-5H3,(H,24,28). The van der Waals surface area contributed by atoms with Crippen LogP contribution in [0.25, 0.3) is 22.4 Å². The molecule has 0 atom stereocenters. The Morgan fingerprint density at radius 1 is 1.13 bits per heavy atom. The second kappa shape index (κ2) is 8.19. The van der Waals surface area contributed by atoms with Gasteiger partial charge in [-0.1, -0.05) is 5.16 Å². The van der Waals surface area contributed by atoms with Crippen LogP contribution in [0.5, 0.6) is 5.75 Å². The molecule has 0 radical (unpaired) electrons. The fraction of sp³-hybridized carbons (Fsp3) is 0.273. The number of hydrogen-bond acceptors (Lipinski definition) is 7. The maximum Gasteiger partial charge on any atom is 0.259 e. The first kappa shape index (κ1) is 20.5. The smallest absolute Gasteiger partial charge is 0.259 e. The molecule has 0 saturated heterocycles. The van der Waals surface area contributed by atoms with E-state index in [1.807, 2.05) is 38.1 Å². The number of aromatic nitrogens is 4. The average Bonchev–Trinajstić information content (AvgIpc) is 3.28. The number of anilines is 1. The van der Waals surface area contributed by atoms with Crippen LogP contribution in [-0.2, 0) is 11.5 Å². The van der Waals surface area contributed by atoms with E-state index in [4.69, 9.17) is 14.0 Å². The Hall–Kier alpha value is -3.72. The molecule has 3 heterocycles. The van der Waals surface area contributed by atoms with Crippen LogP contribution in [0.3, 0.4) is 0 Å². The Morgan fingerprint density at radius 3 is 2.55 bits per heavy atom. The van der Waals surface area contributed by atoms with Gasteiger partial charge >= 0.3 is 0 Å². The van der Waals surface area contributed by atoms with Gasteiger partial charge < -0.3 is 19.3 Å². The molecular weight excluding hydrogens is 398 g/mol. The number of ether oxygens (including phenoxy) is 2. The molecule has 0 unspecified atom stereocenters. The molecule has 9 nitrogen and oxygen atoms in total. The fourth-order valence-electron chi connectivity index (χ4n) is 3.49. The molecule has 0 bridgehead atoms.